The summed E-state index contributed by atoms with van der Waals surface area (Å²) in [5.41, 5.74) is 5.41. The van der Waals surface area contributed by atoms with E-state index in [1.165, 1.54) is 0 Å². The smallest absolute Gasteiger partial charge is 0.0145 e. The lowest BCUT2D eigenvalue weighted by atomic mass is 10.5. The molecule has 0 aliphatic rings. The van der Waals surface area contributed by atoms with Crippen LogP contribution in [0, 0.1) is 0 Å². The molecule has 9 heavy (non-hydrogen) atoms. The van der Waals surface area contributed by atoms with E-state index >= 15 is 0 Å². The van der Waals surface area contributed by atoms with Crippen molar-refractivity contribution in [3.63, 3.8) is 0 Å². The van der Waals surface area contributed by atoms with E-state index in [4.69, 9.17) is 5.73 Å². The van der Waals surface area contributed by atoms with E-state index in [-0.39, 0.29) is 0 Å². The van der Waals surface area contributed by atoms with Crippen LogP contribution in [-0.4, -0.2) is 17.5 Å². The number of rotatable bonds is 4. The van der Waals surface area contributed by atoms with Gasteiger partial charge in [-0.05, 0) is 6.92 Å². The molecule has 0 saturated heterocycles. The Labute approximate surface area is 61.7 Å². The highest BCUT2D eigenvalue weighted by atomic mass is 32.2. The molecule has 0 spiro atoms. The van der Waals surface area contributed by atoms with E-state index in [0.717, 1.165) is 12.3 Å². The van der Waals surface area contributed by atoms with E-state index < -0.39 is 0 Å². The predicted octanol–water partition coefficient (Wildman–Crippen LogP) is 1.64. The van der Waals surface area contributed by atoms with Crippen LogP contribution in [0.5, 0.6) is 0 Å². The first-order valence-corrected chi connectivity index (χ1v) is 4.29. The summed E-state index contributed by atoms with van der Waals surface area (Å²) in [7, 11) is 0. The Balaban J connectivity index is 3.06. The molecule has 0 aromatic heterocycles. The molecular weight excluding hydrogens is 130 g/mol. The van der Waals surface area contributed by atoms with Gasteiger partial charge in [0.05, 0.1) is 0 Å². The largest absolute Gasteiger partial charge is 0.329 e. The summed E-state index contributed by atoms with van der Waals surface area (Å²) in [5, 5.41) is 0.598. The SMILES string of the molecule is CC=CCSC(C)CN. The maximum atomic E-state index is 5.41. The molecule has 0 saturated carbocycles. The van der Waals surface area contributed by atoms with Gasteiger partial charge in [-0.15, -0.1) is 0 Å². The predicted molar refractivity (Wildman–Crippen MR) is 45.8 cm³/mol. The van der Waals surface area contributed by atoms with Crippen molar-refractivity contribution in [2.24, 2.45) is 5.73 Å². The van der Waals surface area contributed by atoms with Crippen molar-refractivity contribution in [3.8, 4) is 0 Å². The minimum atomic E-state index is 0.598. The van der Waals surface area contributed by atoms with Gasteiger partial charge in [0.15, 0.2) is 0 Å². The highest BCUT2D eigenvalue weighted by molar-refractivity contribution is 8.00. The van der Waals surface area contributed by atoms with Crippen LogP contribution < -0.4 is 5.73 Å². The molecule has 0 aliphatic carbocycles. The second-order valence-electron chi connectivity index (χ2n) is 1.95. The third kappa shape index (κ3) is 5.93. The standard InChI is InChI=1S/C7H15NS/c1-3-4-5-9-7(2)6-8/h3-4,7H,5-6,8H2,1-2H3. The molecular formula is C7H15NS. The van der Waals surface area contributed by atoms with Crippen molar-refractivity contribution in [2.75, 3.05) is 12.3 Å². The average Bonchev–Trinajstić information content (AvgIpc) is 1.89. The fraction of sp³-hybridized carbons (Fsp3) is 0.714. The summed E-state index contributed by atoms with van der Waals surface area (Å²) in [6.07, 6.45) is 4.22. The molecule has 2 N–H and O–H groups in total. The number of nitrogens with two attached hydrogens (primary N) is 1. The second-order valence-corrected chi connectivity index (χ2v) is 3.42. The lowest BCUT2D eigenvalue weighted by Crippen LogP contribution is -2.12. The Morgan fingerprint density at radius 2 is 2.33 bits per heavy atom. The van der Waals surface area contributed by atoms with E-state index in [1.807, 2.05) is 18.7 Å². The lowest BCUT2D eigenvalue weighted by Gasteiger charge is -2.03. The van der Waals surface area contributed by atoms with E-state index in [2.05, 4.69) is 19.1 Å². The van der Waals surface area contributed by atoms with Gasteiger partial charge in [-0.3, -0.25) is 0 Å². The Hall–Kier alpha value is 0.0500. The van der Waals surface area contributed by atoms with Crippen molar-refractivity contribution >= 4 is 11.8 Å². The molecule has 0 heterocycles. The van der Waals surface area contributed by atoms with Crippen molar-refractivity contribution in [3.05, 3.63) is 12.2 Å². The van der Waals surface area contributed by atoms with Gasteiger partial charge in [0, 0.05) is 17.5 Å². The van der Waals surface area contributed by atoms with Gasteiger partial charge in [-0.25, -0.2) is 0 Å². The molecule has 0 radical (unpaired) electrons. The summed E-state index contributed by atoms with van der Waals surface area (Å²) in [6, 6.07) is 0. The average molecular weight is 145 g/mol. The van der Waals surface area contributed by atoms with Crippen LogP contribution >= 0.6 is 11.8 Å². The van der Waals surface area contributed by atoms with Gasteiger partial charge in [-0.1, -0.05) is 19.1 Å². The molecule has 0 aromatic rings. The molecule has 0 aromatic carbocycles. The fourth-order valence-electron chi connectivity index (χ4n) is 0.384. The van der Waals surface area contributed by atoms with Crippen molar-refractivity contribution < 1.29 is 0 Å². The molecule has 0 fully saturated rings. The monoisotopic (exact) mass is 145 g/mol. The van der Waals surface area contributed by atoms with Crippen LogP contribution in [-0.2, 0) is 0 Å². The number of allylic oxidation sites excluding steroid dienone is 1. The molecule has 1 unspecified atom stereocenters. The van der Waals surface area contributed by atoms with Crippen LogP contribution in [0.4, 0.5) is 0 Å². The fourth-order valence-corrected chi connectivity index (χ4v) is 1.15. The summed E-state index contributed by atoms with van der Waals surface area (Å²) in [6.45, 7) is 4.96. The van der Waals surface area contributed by atoms with Crippen LogP contribution in [0.3, 0.4) is 0 Å². The second kappa shape index (κ2) is 6.17. The Bertz CT molecular complexity index is 81.0. The minimum absolute atomic E-state index is 0.598. The maximum Gasteiger partial charge on any atom is 0.0145 e. The highest BCUT2D eigenvalue weighted by Crippen LogP contribution is 2.07. The molecule has 0 bridgehead atoms. The van der Waals surface area contributed by atoms with Gasteiger partial charge in [0.25, 0.3) is 0 Å². The third-order valence-electron chi connectivity index (χ3n) is 1.04. The van der Waals surface area contributed by atoms with E-state index in [0.29, 0.717) is 5.25 Å². The molecule has 54 valence electrons. The first-order chi connectivity index (χ1) is 4.31. The normalized spacial score (nSPS) is 14.6. The summed E-state index contributed by atoms with van der Waals surface area (Å²) < 4.78 is 0. The first kappa shape index (κ1) is 9.05. The summed E-state index contributed by atoms with van der Waals surface area (Å²) in [5.74, 6) is 1.09. The third-order valence-corrected chi connectivity index (χ3v) is 2.19. The molecule has 0 rings (SSSR count). The zero-order chi connectivity index (χ0) is 7.11. The van der Waals surface area contributed by atoms with Gasteiger partial charge in [0.2, 0.25) is 0 Å². The molecule has 0 aliphatic heterocycles. The molecule has 1 atom stereocenters. The van der Waals surface area contributed by atoms with Crippen molar-refractivity contribution in [1.82, 2.24) is 0 Å². The Kier molecular flexibility index (Phi) is 6.21. The maximum absolute atomic E-state index is 5.41. The molecule has 1 nitrogen and oxygen atoms in total. The van der Waals surface area contributed by atoms with Gasteiger partial charge in [0.1, 0.15) is 0 Å². The van der Waals surface area contributed by atoms with Crippen molar-refractivity contribution in [1.29, 1.82) is 0 Å². The number of hydrogen-bond acceptors (Lipinski definition) is 2. The Morgan fingerprint density at radius 3 is 2.78 bits per heavy atom. The van der Waals surface area contributed by atoms with Crippen LogP contribution in [0.1, 0.15) is 13.8 Å². The van der Waals surface area contributed by atoms with Crippen LogP contribution in [0.15, 0.2) is 12.2 Å². The number of thioether (sulfide) groups is 1. The van der Waals surface area contributed by atoms with Crippen LogP contribution in [0.2, 0.25) is 0 Å². The topological polar surface area (TPSA) is 26.0 Å². The zero-order valence-corrected chi connectivity index (χ0v) is 6.95. The van der Waals surface area contributed by atoms with Gasteiger partial charge in [-0.2, -0.15) is 11.8 Å². The van der Waals surface area contributed by atoms with Gasteiger partial charge >= 0.3 is 0 Å². The quantitative estimate of drug-likeness (QED) is 0.609. The number of hydrogen-bond donors (Lipinski definition) is 1. The van der Waals surface area contributed by atoms with Gasteiger partial charge < -0.3 is 5.73 Å². The zero-order valence-electron chi connectivity index (χ0n) is 6.13. The van der Waals surface area contributed by atoms with E-state index in [9.17, 15) is 0 Å². The van der Waals surface area contributed by atoms with E-state index in [1.54, 1.807) is 0 Å². The summed E-state index contributed by atoms with van der Waals surface area (Å²) in [4.78, 5) is 0. The molecule has 0 amide bonds. The van der Waals surface area contributed by atoms with Crippen molar-refractivity contribution in [2.45, 2.75) is 19.1 Å². The Morgan fingerprint density at radius 1 is 1.67 bits per heavy atom. The van der Waals surface area contributed by atoms with Crippen LogP contribution in [0.25, 0.3) is 0 Å². The lowest BCUT2D eigenvalue weighted by molar-refractivity contribution is 0.953. The minimum Gasteiger partial charge on any atom is -0.329 e. The molecule has 2 heteroatoms. The first-order valence-electron chi connectivity index (χ1n) is 3.24. The summed E-state index contributed by atoms with van der Waals surface area (Å²) >= 11 is 1.89. The highest BCUT2D eigenvalue weighted by Gasteiger charge is 1.94.